The van der Waals surface area contributed by atoms with Gasteiger partial charge < -0.3 is 4.74 Å². The molecule has 0 aromatic heterocycles. The van der Waals surface area contributed by atoms with E-state index in [0.717, 1.165) is 25.7 Å². The third-order valence-electron chi connectivity index (χ3n) is 2.10. The van der Waals surface area contributed by atoms with Crippen molar-refractivity contribution in [2.45, 2.75) is 37.9 Å². The van der Waals surface area contributed by atoms with Crippen molar-refractivity contribution in [3.8, 4) is 0 Å². The van der Waals surface area contributed by atoms with Crippen molar-refractivity contribution in [3.05, 3.63) is 0 Å². The molecule has 0 N–H and O–H groups in total. The van der Waals surface area contributed by atoms with E-state index in [9.17, 15) is 4.79 Å². The van der Waals surface area contributed by atoms with Crippen molar-refractivity contribution in [2.24, 2.45) is 0 Å². The van der Waals surface area contributed by atoms with Crippen LogP contribution in [0.5, 0.6) is 0 Å². The first-order chi connectivity index (χ1) is 4.36. The molecule has 1 saturated carbocycles. The second-order valence-electron chi connectivity index (χ2n) is 2.83. The number of Topliss-reactive ketones (excluding diaryl/α,β-unsaturated/α-hetero) is 1. The number of hydrogen-bond donors (Lipinski definition) is 0. The Morgan fingerprint density at radius 2 is 1.78 bits per heavy atom. The molecule has 0 spiro atoms. The van der Waals surface area contributed by atoms with Crippen molar-refractivity contribution in [1.29, 1.82) is 0 Å². The molecule has 0 aromatic rings. The largest absolute Gasteiger partial charge is 0.370 e. The zero-order valence-electron chi connectivity index (χ0n) is 5.30. The number of carbonyl (C=O) groups excluding carboxylic acids is 1. The second kappa shape index (κ2) is 1.81. The number of ether oxygens (including phenoxy) is 1. The predicted octanol–water partition coefficient (Wildman–Crippen LogP) is 0.897. The predicted molar refractivity (Wildman–Crippen MR) is 32.1 cm³/mol. The summed E-state index contributed by atoms with van der Waals surface area (Å²) in [5.41, 5.74) is 0. The van der Waals surface area contributed by atoms with E-state index in [1.807, 2.05) is 0 Å². The Kier molecular flexibility index (Phi) is 1.09. The smallest absolute Gasteiger partial charge is 0.133 e. The van der Waals surface area contributed by atoms with Crippen molar-refractivity contribution in [2.75, 3.05) is 0 Å². The van der Waals surface area contributed by atoms with Gasteiger partial charge >= 0.3 is 0 Å². The molecular weight excluding hydrogens is 116 g/mol. The van der Waals surface area contributed by atoms with Crippen LogP contribution in [-0.4, -0.2) is 18.0 Å². The molecule has 1 aliphatic heterocycles. The molecule has 2 heteroatoms. The summed E-state index contributed by atoms with van der Waals surface area (Å²) in [7, 11) is 0. The van der Waals surface area contributed by atoms with Gasteiger partial charge in [0.15, 0.2) is 0 Å². The summed E-state index contributed by atoms with van der Waals surface area (Å²) in [4.78, 5) is 10.8. The van der Waals surface area contributed by atoms with Gasteiger partial charge in [0.2, 0.25) is 0 Å². The Morgan fingerprint density at radius 1 is 1.22 bits per heavy atom. The fourth-order valence-electron chi connectivity index (χ4n) is 1.42. The molecule has 0 radical (unpaired) electrons. The summed E-state index contributed by atoms with van der Waals surface area (Å²) in [6.07, 6.45) is 4.36. The first-order valence-electron chi connectivity index (χ1n) is 3.53. The second-order valence-corrected chi connectivity index (χ2v) is 2.83. The van der Waals surface area contributed by atoms with Gasteiger partial charge in [-0.1, -0.05) is 0 Å². The average Bonchev–Trinajstić information content (AvgIpc) is 2.54. The van der Waals surface area contributed by atoms with E-state index in [1.165, 1.54) is 0 Å². The molecule has 2 unspecified atom stereocenters. The van der Waals surface area contributed by atoms with Gasteiger partial charge in [-0.15, -0.1) is 0 Å². The lowest BCUT2D eigenvalue weighted by atomic mass is 10.2. The molecular formula is C7H10O2. The van der Waals surface area contributed by atoms with Gasteiger partial charge in [-0.05, 0) is 12.8 Å². The molecule has 0 amide bonds. The molecule has 2 rings (SSSR count). The van der Waals surface area contributed by atoms with E-state index in [2.05, 4.69) is 0 Å². The monoisotopic (exact) mass is 126 g/mol. The molecule has 1 aliphatic carbocycles. The lowest BCUT2D eigenvalue weighted by Crippen LogP contribution is -1.95. The van der Waals surface area contributed by atoms with Crippen LogP contribution < -0.4 is 0 Å². The normalized spacial score (nSPS) is 41.6. The Morgan fingerprint density at radius 3 is 2.33 bits per heavy atom. The fourth-order valence-corrected chi connectivity index (χ4v) is 1.42. The van der Waals surface area contributed by atoms with Crippen LogP contribution in [0.15, 0.2) is 0 Å². The van der Waals surface area contributed by atoms with Crippen LogP contribution in [0.1, 0.15) is 25.7 Å². The maximum absolute atomic E-state index is 10.8. The van der Waals surface area contributed by atoms with Crippen molar-refractivity contribution in [1.82, 2.24) is 0 Å². The number of ketones is 1. The fraction of sp³-hybridized carbons (Fsp3) is 0.857. The molecule has 1 saturated heterocycles. The summed E-state index contributed by atoms with van der Waals surface area (Å²) in [5, 5.41) is 0. The van der Waals surface area contributed by atoms with Gasteiger partial charge in [-0.25, -0.2) is 0 Å². The van der Waals surface area contributed by atoms with Crippen molar-refractivity contribution in [3.63, 3.8) is 0 Å². The molecule has 2 aliphatic rings. The van der Waals surface area contributed by atoms with Gasteiger partial charge in [-0.3, -0.25) is 4.79 Å². The average molecular weight is 126 g/mol. The van der Waals surface area contributed by atoms with Gasteiger partial charge in [0.25, 0.3) is 0 Å². The van der Waals surface area contributed by atoms with Crippen molar-refractivity contribution < 1.29 is 9.53 Å². The number of hydrogen-bond acceptors (Lipinski definition) is 2. The number of rotatable bonds is 0. The number of carbonyl (C=O) groups is 1. The summed E-state index contributed by atoms with van der Waals surface area (Å²) in [5.74, 6) is 0.422. The molecule has 0 aromatic carbocycles. The Bertz CT molecular complexity index is 128. The Balaban J connectivity index is 1.96. The maximum atomic E-state index is 10.8. The van der Waals surface area contributed by atoms with Crippen LogP contribution in [0, 0.1) is 0 Å². The highest BCUT2D eigenvalue weighted by atomic mass is 16.6. The van der Waals surface area contributed by atoms with E-state index in [1.54, 1.807) is 0 Å². The van der Waals surface area contributed by atoms with Crippen LogP contribution >= 0.6 is 0 Å². The molecule has 9 heavy (non-hydrogen) atoms. The molecule has 2 atom stereocenters. The highest BCUT2D eigenvalue weighted by Crippen LogP contribution is 2.33. The van der Waals surface area contributed by atoms with Crippen LogP contribution in [-0.2, 0) is 9.53 Å². The maximum Gasteiger partial charge on any atom is 0.133 e. The molecule has 1 heterocycles. The van der Waals surface area contributed by atoms with Crippen LogP contribution in [0.3, 0.4) is 0 Å². The molecule has 2 fully saturated rings. The summed E-state index contributed by atoms with van der Waals surface area (Å²) < 4.78 is 5.25. The van der Waals surface area contributed by atoms with Crippen LogP contribution in [0.4, 0.5) is 0 Å². The summed E-state index contributed by atoms with van der Waals surface area (Å²) in [6.45, 7) is 0. The van der Waals surface area contributed by atoms with E-state index in [4.69, 9.17) is 4.74 Å². The minimum absolute atomic E-state index is 0.422. The third kappa shape index (κ3) is 0.990. The van der Waals surface area contributed by atoms with Gasteiger partial charge in [-0.2, -0.15) is 0 Å². The van der Waals surface area contributed by atoms with Gasteiger partial charge in [0.05, 0.1) is 12.2 Å². The quantitative estimate of drug-likeness (QED) is 0.451. The summed E-state index contributed by atoms with van der Waals surface area (Å²) >= 11 is 0. The highest BCUT2D eigenvalue weighted by molar-refractivity contribution is 5.78. The third-order valence-corrected chi connectivity index (χ3v) is 2.10. The van der Waals surface area contributed by atoms with Crippen LogP contribution in [0.25, 0.3) is 0 Å². The minimum Gasteiger partial charge on any atom is -0.370 e. The number of fused-ring (bicyclic) bond motifs is 1. The standard InChI is InChI=1S/C7H10O2/c8-5-1-3-6-7(9-6)4-2-5/h6-7H,1-4H2. The van der Waals surface area contributed by atoms with Crippen molar-refractivity contribution >= 4 is 5.78 Å². The first kappa shape index (κ1) is 5.42. The Labute approximate surface area is 54.2 Å². The molecule has 0 bridgehead atoms. The lowest BCUT2D eigenvalue weighted by Gasteiger charge is -1.91. The van der Waals surface area contributed by atoms with E-state index in [0.29, 0.717) is 18.0 Å². The van der Waals surface area contributed by atoms with Gasteiger partial charge in [0, 0.05) is 12.8 Å². The Hall–Kier alpha value is -0.370. The minimum atomic E-state index is 0.422. The van der Waals surface area contributed by atoms with E-state index in [-0.39, 0.29) is 0 Å². The highest BCUT2D eigenvalue weighted by Gasteiger charge is 2.40. The SMILES string of the molecule is O=C1CCC2OC2CC1. The van der Waals surface area contributed by atoms with E-state index < -0.39 is 0 Å². The molecule has 2 nitrogen and oxygen atoms in total. The number of epoxide rings is 1. The van der Waals surface area contributed by atoms with Crippen LogP contribution in [0.2, 0.25) is 0 Å². The summed E-state index contributed by atoms with van der Waals surface area (Å²) in [6, 6.07) is 0. The van der Waals surface area contributed by atoms with Gasteiger partial charge in [0.1, 0.15) is 5.78 Å². The van der Waals surface area contributed by atoms with E-state index >= 15 is 0 Å². The zero-order chi connectivity index (χ0) is 6.27. The zero-order valence-corrected chi connectivity index (χ0v) is 5.30. The lowest BCUT2D eigenvalue weighted by molar-refractivity contribution is -0.119. The molecule has 50 valence electrons. The first-order valence-corrected chi connectivity index (χ1v) is 3.53. The topological polar surface area (TPSA) is 29.6 Å².